The minimum absolute atomic E-state index is 0.0743. The Morgan fingerprint density at radius 3 is 2.50 bits per heavy atom. The lowest BCUT2D eigenvalue weighted by molar-refractivity contribution is -0.137. The van der Waals surface area contributed by atoms with Gasteiger partial charge in [0, 0.05) is 30.7 Å². The first kappa shape index (κ1) is 23.1. The van der Waals surface area contributed by atoms with Crippen LogP contribution < -0.4 is 14.8 Å². The van der Waals surface area contributed by atoms with E-state index in [1.165, 1.54) is 41.2 Å². The molecule has 3 aromatic rings. The van der Waals surface area contributed by atoms with Crippen LogP contribution in [0, 0.1) is 0 Å². The van der Waals surface area contributed by atoms with Gasteiger partial charge in [-0.15, -0.1) is 0 Å². The van der Waals surface area contributed by atoms with Crippen LogP contribution in [0.1, 0.15) is 23.0 Å². The van der Waals surface area contributed by atoms with Gasteiger partial charge >= 0.3 is 6.18 Å². The van der Waals surface area contributed by atoms with Gasteiger partial charge < -0.3 is 10.1 Å². The molecule has 0 radical (unpaired) electrons. The third-order valence-electron chi connectivity index (χ3n) is 4.29. The lowest BCUT2D eigenvalue weighted by atomic mass is 10.2. The summed E-state index contributed by atoms with van der Waals surface area (Å²) >= 11 is 0. The van der Waals surface area contributed by atoms with Crippen molar-refractivity contribution in [2.75, 3.05) is 16.6 Å². The molecule has 0 unspecified atom stereocenters. The van der Waals surface area contributed by atoms with Gasteiger partial charge in [-0.05, 0) is 43.3 Å². The highest BCUT2D eigenvalue weighted by molar-refractivity contribution is 7.92. The standard InChI is InChI=1S/C20H19F3N4O4S/c1-3-31-17-12-14(25-19(28)16-9-10-24-27(16)2)7-8-18(17)32(29,30)26-15-6-4-5-13(11-15)20(21,22)23/h4-12,26H,3H2,1-2H3,(H,25,28). The van der Waals surface area contributed by atoms with Gasteiger partial charge in [0.05, 0.1) is 12.2 Å². The lowest BCUT2D eigenvalue weighted by Gasteiger charge is -2.15. The lowest BCUT2D eigenvalue weighted by Crippen LogP contribution is -2.17. The second-order valence-corrected chi connectivity index (χ2v) is 8.22. The Labute approximate surface area is 182 Å². The van der Waals surface area contributed by atoms with Crippen LogP contribution in [0.4, 0.5) is 24.5 Å². The molecule has 0 fully saturated rings. The molecule has 1 aromatic heterocycles. The number of anilines is 2. The van der Waals surface area contributed by atoms with Gasteiger partial charge in [-0.2, -0.15) is 18.3 Å². The second-order valence-electron chi connectivity index (χ2n) is 6.57. The molecule has 0 saturated carbocycles. The summed E-state index contributed by atoms with van der Waals surface area (Å²) in [5.74, 6) is -0.542. The van der Waals surface area contributed by atoms with Crippen molar-refractivity contribution < 1.29 is 31.1 Å². The maximum Gasteiger partial charge on any atom is 0.416 e. The molecule has 2 N–H and O–H groups in total. The topological polar surface area (TPSA) is 102 Å². The van der Waals surface area contributed by atoms with Crippen molar-refractivity contribution in [3.63, 3.8) is 0 Å². The van der Waals surface area contributed by atoms with E-state index < -0.39 is 27.7 Å². The number of aromatic nitrogens is 2. The summed E-state index contributed by atoms with van der Waals surface area (Å²) in [5.41, 5.74) is -0.699. The largest absolute Gasteiger partial charge is 0.492 e. The molecule has 0 aliphatic heterocycles. The van der Waals surface area contributed by atoms with Crippen LogP contribution in [-0.4, -0.2) is 30.7 Å². The van der Waals surface area contributed by atoms with E-state index in [1.54, 1.807) is 14.0 Å². The number of alkyl halides is 3. The van der Waals surface area contributed by atoms with Crippen LogP contribution in [0.2, 0.25) is 0 Å². The molecule has 8 nitrogen and oxygen atoms in total. The van der Waals surface area contributed by atoms with Gasteiger partial charge in [-0.1, -0.05) is 6.07 Å². The number of sulfonamides is 1. The molecule has 1 heterocycles. The third kappa shape index (κ3) is 5.19. The van der Waals surface area contributed by atoms with Gasteiger partial charge in [-0.3, -0.25) is 14.2 Å². The molecule has 0 atom stereocenters. The molecule has 0 spiro atoms. The van der Waals surface area contributed by atoms with Gasteiger partial charge in [0.15, 0.2) is 0 Å². The first-order valence-corrected chi connectivity index (χ1v) is 10.8. The van der Waals surface area contributed by atoms with Crippen LogP contribution in [-0.2, 0) is 23.2 Å². The fourth-order valence-electron chi connectivity index (χ4n) is 2.84. The molecule has 2 aromatic carbocycles. The Hall–Kier alpha value is -3.54. The third-order valence-corrected chi connectivity index (χ3v) is 5.71. The van der Waals surface area contributed by atoms with E-state index in [4.69, 9.17) is 4.74 Å². The number of aryl methyl sites for hydroxylation is 1. The summed E-state index contributed by atoms with van der Waals surface area (Å²) in [6.07, 6.45) is -3.17. The average Bonchev–Trinajstić information content (AvgIpc) is 3.13. The average molecular weight is 468 g/mol. The molecule has 0 bridgehead atoms. The fraction of sp³-hybridized carbons (Fsp3) is 0.200. The molecular formula is C20H19F3N4O4S. The van der Waals surface area contributed by atoms with Crippen LogP contribution >= 0.6 is 0 Å². The number of nitrogens with one attached hydrogen (secondary N) is 2. The predicted molar refractivity (Wildman–Crippen MR) is 111 cm³/mol. The summed E-state index contributed by atoms with van der Waals surface area (Å²) in [6.45, 7) is 1.75. The van der Waals surface area contributed by atoms with Crippen LogP contribution in [0.25, 0.3) is 0 Å². The molecule has 170 valence electrons. The van der Waals surface area contributed by atoms with Crippen molar-refractivity contribution in [1.29, 1.82) is 0 Å². The Balaban J connectivity index is 1.89. The van der Waals surface area contributed by atoms with Crippen LogP contribution in [0.5, 0.6) is 5.75 Å². The molecule has 0 saturated heterocycles. The number of hydrogen-bond acceptors (Lipinski definition) is 5. The van der Waals surface area contributed by atoms with Gasteiger partial charge in [0.25, 0.3) is 15.9 Å². The van der Waals surface area contributed by atoms with E-state index in [0.29, 0.717) is 6.07 Å². The predicted octanol–water partition coefficient (Wildman–Crippen LogP) is 3.89. The van der Waals surface area contributed by atoms with Crippen LogP contribution in [0.3, 0.4) is 0 Å². The monoisotopic (exact) mass is 468 g/mol. The number of carbonyl (C=O) groups is 1. The molecule has 32 heavy (non-hydrogen) atoms. The number of amides is 1. The quantitative estimate of drug-likeness (QED) is 0.548. The zero-order valence-corrected chi connectivity index (χ0v) is 17.8. The minimum Gasteiger partial charge on any atom is -0.492 e. The first-order chi connectivity index (χ1) is 15.0. The zero-order valence-electron chi connectivity index (χ0n) is 17.0. The molecule has 12 heteroatoms. The molecule has 0 aliphatic rings. The first-order valence-electron chi connectivity index (χ1n) is 9.27. The van der Waals surface area contributed by atoms with E-state index >= 15 is 0 Å². The Morgan fingerprint density at radius 2 is 1.88 bits per heavy atom. The summed E-state index contributed by atoms with van der Waals surface area (Å²) in [4.78, 5) is 12.1. The van der Waals surface area contributed by atoms with Crippen molar-refractivity contribution in [2.24, 2.45) is 7.05 Å². The highest BCUT2D eigenvalue weighted by atomic mass is 32.2. The van der Waals surface area contributed by atoms with Crippen molar-refractivity contribution >= 4 is 27.3 Å². The van der Waals surface area contributed by atoms with Gasteiger partial charge in [-0.25, -0.2) is 8.42 Å². The van der Waals surface area contributed by atoms with Crippen LogP contribution in [0.15, 0.2) is 59.6 Å². The smallest absolute Gasteiger partial charge is 0.416 e. The summed E-state index contributed by atoms with van der Waals surface area (Å²) in [6, 6.07) is 9.20. The van der Waals surface area contributed by atoms with Crippen molar-refractivity contribution in [3.8, 4) is 5.75 Å². The minimum atomic E-state index is -4.62. The van der Waals surface area contributed by atoms with E-state index in [2.05, 4.69) is 15.1 Å². The van der Waals surface area contributed by atoms with E-state index in [1.807, 2.05) is 0 Å². The Morgan fingerprint density at radius 1 is 1.12 bits per heavy atom. The van der Waals surface area contributed by atoms with Crippen molar-refractivity contribution in [3.05, 3.63) is 66.0 Å². The number of halogens is 3. The number of nitrogens with zero attached hydrogens (tertiary/aromatic N) is 2. The number of benzene rings is 2. The molecule has 1 amide bonds. The molecule has 0 aliphatic carbocycles. The highest BCUT2D eigenvalue weighted by Gasteiger charge is 2.31. The number of hydrogen-bond donors (Lipinski definition) is 2. The van der Waals surface area contributed by atoms with Crippen molar-refractivity contribution in [2.45, 2.75) is 18.0 Å². The fourth-order valence-corrected chi connectivity index (χ4v) is 4.01. The summed E-state index contributed by atoms with van der Waals surface area (Å²) in [7, 11) is -2.70. The SMILES string of the molecule is CCOc1cc(NC(=O)c2ccnn2C)ccc1S(=O)(=O)Nc1cccc(C(F)(F)F)c1. The normalized spacial score (nSPS) is 11.8. The maximum atomic E-state index is 12.9. The Bertz CT molecular complexity index is 1240. The highest BCUT2D eigenvalue weighted by Crippen LogP contribution is 2.33. The van der Waals surface area contributed by atoms with E-state index in [9.17, 15) is 26.4 Å². The zero-order chi connectivity index (χ0) is 23.5. The number of rotatable bonds is 7. The summed E-state index contributed by atoms with van der Waals surface area (Å²) in [5, 5.41) is 6.52. The van der Waals surface area contributed by atoms with Crippen molar-refractivity contribution in [1.82, 2.24) is 9.78 Å². The Kier molecular flexibility index (Phi) is 6.44. The van der Waals surface area contributed by atoms with E-state index in [-0.39, 0.29) is 34.3 Å². The number of carbonyl (C=O) groups excluding carboxylic acids is 1. The van der Waals surface area contributed by atoms with E-state index in [0.717, 1.165) is 12.1 Å². The second kappa shape index (κ2) is 8.91. The van der Waals surface area contributed by atoms with Gasteiger partial charge in [0.2, 0.25) is 0 Å². The summed E-state index contributed by atoms with van der Waals surface area (Å²) < 4.78 is 73.4. The number of ether oxygens (including phenoxy) is 1. The van der Waals surface area contributed by atoms with Gasteiger partial charge in [0.1, 0.15) is 16.3 Å². The maximum absolute atomic E-state index is 12.9. The molecule has 3 rings (SSSR count). The molecular weight excluding hydrogens is 449 g/mol.